The van der Waals surface area contributed by atoms with Crippen LogP contribution in [-0.2, 0) is 21.2 Å². The molecule has 4 aromatic rings. The van der Waals surface area contributed by atoms with Crippen LogP contribution in [0.1, 0.15) is 23.4 Å². The average molecular weight is 506 g/mol. The number of hydrogen-bond donors (Lipinski definition) is 2. The summed E-state index contributed by atoms with van der Waals surface area (Å²) >= 11 is 5.96. The molecule has 2 N–H and O–H groups in total. The van der Waals surface area contributed by atoms with Crippen LogP contribution in [0.3, 0.4) is 0 Å². The van der Waals surface area contributed by atoms with Crippen LogP contribution in [0.4, 0.5) is 11.5 Å². The number of amides is 1. The van der Waals surface area contributed by atoms with Gasteiger partial charge in [0.15, 0.2) is 11.1 Å². The summed E-state index contributed by atoms with van der Waals surface area (Å²) < 4.78 is 27.0. The molecule has 1 atom stereocenters. The Labute approximate surface area is 207 Å². The monoisotopic (exact) mass is 505 g/mol. The minimum atomic E-state index is -4.16. The van der Waals surface area contributed by atoms with Crippen molar-refractivity contribution in [1.82, 2.24) is 9.97 Å². The Morgan fingerprint density at radius 3 is 2.23 bits per heavy atom. The number of sulfone groups is 1. The molecule has 0 fully saturated rings. The third kappa shape index (κ3) is 5.40. The van der Waals surface area contributed by atoms with Gasteiger partial charge in [0.25, 0.3) is 0 Å². The molecule has 0 aliphatic rings. The molecule has 0 bridgehead atoms. The van der Waals surface area contributed by atoms with E-state index in [2.05, 4.69) is 20.6 Å². The fourth-order valence-corrected chi connectivity index (χ4v) is 4.97. The number of rotatable bonds is 7. The first kappa shape index (κ1) is 24.1. The maximum atomic E-state index is 13.5. The van der Waals surface area contributed by atoms with Gasteiger partial charge in [-0.3, -0.25) is 4.79 Å². The number of hydrogen-bond acceptors (Lipinski definition) is 7. The Bertz CT molecular complexity index is 1530. The van der Waals surface area contributed by atoms with Crippen molar-refractivity contribution in [2.24, 2.45) is 0 Å². The van der Waals surface area contributed by atoms with Crippen LogP contribution in [0.25, 0.3) is 11.0 Å². The molecule has 10 heteroatoms. The summed E-state index contributed by atoms with van der Waals surface area (Å²) in [6.07, 6.45) is 0. The van der Waals surface area contributed by atoms with Gasteiger partial charge >= 0.3 is 0 Å². The van der Waals surface area contributed by atoms with Gasteiger partial charge < -0.3 is 10.6 Å². The molecule has 0 radical (unpaired) electrons. The fraction of sp³-hybridized carbons (Fsp3) is 0.120. The largest absolute Gasteiger partial charge is 0.364 e. The third-order valence-electron chi connectivity index (χ3n) is 5.15. The summed E-state index contributed by atoms with van der Waals surface area (Å²) in [6.45, 7) is 1.67. The molecule has 8 nitrogen and oxygen atoms in total. The lowest BCUT2D eigenvalue weighted by Gasteiger charge is -2.16. The van der Waals surface area contributed by atoms with Crippen molar-refractivity contribution in [3.05, 3.63) is 89.1 Å². The lowest BCUT2D eigenvalue weighted by atomic mass is 10.2. The number of aromatic nitrogens is 2. The molecule has 3 aromatic carbocycles. The van der Waals surface area contributed by atoms with E-state index in [1.165, 1.54) is 31.2 Å². The SMILES string of the molecule is CC(=O)Nc1ccc(S(=O)(=O)[C@H](C#N)c2nc3ccccc3nc2NCc2ccc(Cl)cc2)cc1. The molecule has 0 aliphatic carbocycles. The standard InChI is InChI=1S/C25H20ClN5O3S/c1-16(32)29-19-10-12-20(13-11-19)35(33,34)23(14-27)24-25(28-15-17-6-8-18(26)9-7-17)31-22-5-3-2-4-21(22)30-24/h2-13,23H,15H2,1H3,(H,28,31)(H,29,32)/t23-/m1/s1. The smallest absolute Gasteiger partial charge is 0.221 e. The normalized spacial score (nSPS) is 12.0. The molecular weight excluding hydrogens is 486 g/mol. The number of anilines is 2. The van der Waals surface area contributed by atoms with Crippen molar-refractivity contribution in [3.63, 3.8) is 0 Å². The minimum Gasteiger partial charge on any atom is -0.364 e. The number of carbonyl (C=O) groups is 1. The average Bonchev–Trinajstić information content (AvgIpc) is 2.84. The second-order valence-electron chi connectivity index (χ2n) is 7.69. The maximum absolute atomic E-state index is 13.5. The molecule has 0 aliphatic heterocycles. The van der Waals surface area contributed by atoms with Gasteiger partial charge in [0.2, 0.25) is 15.7 Å². The number of para-hydroxylation sites is 2. The molecule has 0 saturated heterocycles. The second kappa shape index (κ2) is 10.1. The van der Waals surface area contributed by atoms with Crippen LogP contribution in [-0.4, -0.2) is 24.3 Å². The summed E-state index contributed by atoms with van der Waals surface area (Å²) in [5.41, 5.74) is 2.37. The number of nitriles is 1. The maximum Gasteiger partial charge on any atom is 0.221 e. The van der Waals surface area contributed by atoms with E-state index in [1.807, 2.05) is 18.2 Å². The lowest BCUT2D eigenvalue weighted by molar-refractivity contribution is -0.114. The first-order valence-corrected chi connectivity index (χ1v) is 12.5. The van der Waals surface area contributed by atoms with Gasteiger partial charge in [-0.2, -0.15) is 5.26 Å². The predicted octanol–water partition coefficient (Wildman–Crippen LogP) is 4.89. The summed E-state index contributed by atoms with van der Waals surface area (Å²) in [7, 11) is -4.16. The number of fused-ring (bicyclic) bond motifs is 1. The Balaban J connectivity index is 1.74. The number of carbonyl (C=O) groups excluding carboxylic acids is 1. The first-order valence-electron chi connectivity index (χ1n) is 10.5. The molecule has 0 unspecified atom stereocenters. The van der Waals surface area contributed by atoms with E-state index in [0.717, 1.165) is 5.56 Å². The highest BCUT2D eigenvalue weighted by molar-refractivity contribution is 7.92. The van der Waals surface area contributed by atoms with Crippen LogP contribution in [0.2, 0.25) is 5.02 Å². The van der Waals surface area contributed by atoms with E-state index >= 15 is 0 Å². The summed E-state index contributed by atoms with van der Waals surface area (Å²) in [5, 5.41) is 14.7. The summed E-state index contributed by atoms with van der Waals surface area (Å²) in [5.74, 6) is -0.0815. The predicted molar refractivity (Wildman–Crippen MR) is 135 cm³/mol. The Morgan fingerprint density at radius 1 is 1.00 bits per heavy atom. The van der Waals surface area contributed by atoms with Crippen molar-refractivity contribution in [2.75, 3.05) is 10.6 Å². The quantitative estimate of drug-likeness (QED) is 0.366. The Hall–Kier alpha value is -4.00. The highest BCUT2D eigenvalue weighted by Gasteiger charge is 2.33. The molecule has 1 aromatic heterocycles. The van der Waals surface area contributed by atoms with Gasteiger partial charge in [0.05, 0.1) is 22.0 Å². The molecule has 0 saturated carbocycles. The van der Waals surface area contributed by atoms with Gasteiger partial charge in [0.1, 0.15) is 5.69 Å². The van der Waals surface area contributed by atoms with E-state index in [1.54, 1.807) is 36.4 Å². The lowest BCUT2D eigenvalue weighted by Crippen LogP contribution is -2.17. The van der Waals surface area contributed by atoms with Crippen LogP contribution < -0.4 is 10.6 Å². The molecule has 4 rings (SSSR count). The van der Waals surface area contributed by atoms with Crippen molar-refractivity contribution >= 4 is 49.9 Å². The van der Waals surface area contributed by atoms with E-state index in [4.69, 9.17) is 11.6 Å². The highest BCUT2D eigenvalue weighted by atomic mass is 35.5. The summed E-state index contributed by atoms with van der Waals surface area (Å²) in [4.78, 5) is 20.3. The van der Waals surface area contributed by atoms with Crippen molar-refractivity contribution in [1.29, 1.82) is 5.26 Å². The zero-order valence-corrected chi connectivity index (χ0v) is 20.1. The van der Waals surface area contributed by atoms with E-state index in [-0.39, 0.29) is 22.3 Å². The van der Waals surface area contributed by atoms with Crippen molar-refractivity contribution in [3.8, 4) is 6.07 Å². The van der Waals surface area contributed by atoms with Crippen LogP contribution in [0.5, 0.6) is 0 Å². The highest BCUT2D eigenvalue weighted by Crippen LogP contribution is 2.33. The van der Waals surface area contributed by atoms with Crippen LogP contribution in [0.15, 0.2) is 77.7 Å². The molecular formula is C25H20ClN5O3S. The molecule has 1 amide bonds. The fourth-order valence-electron chi connectivity index (χ4n) is 3.46. The Morgan fingerprint density at radius 2 is 1.63 bits per heavy atom. The van der Waals surface area contributed by atoms with E-state index < -0.39 is 15.1 Å². The number of nitrogens with one attached hydrogen (secondary N) is 2. The molecule has 1 heterocycles. The van der Waals surface area contributed by atoms with Gasteiger partial charge in [0, 0.05) is 24.2 Å². The van der Waals surface area contributed by atoms with Gasteiger partial charge in [-0.25, -0.2) is 18.4 Å². The van der Waals surface area contributed by atoms with E-state index in [0.29, 0.717) is 28.3 Å². The number of benzene rings is 3. The van der Waals surface area contributed by atoms with E-state index in [9.17, 15) is 18.5 Å². The van der Waals surface area contributed by atoms with Gasteiger partial charge in [-0.1, -0.05) is 35.9 Å². The van der Waals surface area contributed by atoms with Crippen LogP contribution >= 0.6 is 11.6 Å². The van der Waals surface area contributed by atoms with Crippen molar-refractivity contribution in [2.45, 2.75) is 23.6 Å². The molecule has 176 valence electrons. The Kier molecular flexibility index (Phi) is 6.96. The van der Waals surface area contributed by atoms with Crippen molar-refractivity contribution < 1.29 is 13.2 Å². The summed E-state index contributed by atoms with van der Waals surface area (Å²) in [6, 6.07) is 21.7. The molecule has 0 spiro atoms. The second-order valence-corrected chi connectivity index (χ2v) is 10.2. The number of halogens is 1. The third-order valence-corrected chi connectivity index (χ3v) is 7.28. The molecule has 35 heavy (non-hydrogen) atoms. The zero-order chi connectivity index (χ0) is 25.0. The van der Waals surface area contributed by atoms with Gasteiger partial charge in [-0.05, 0) is 54.1 Å². The van der Waals surface area contributed by atoms with Gasteiger partial charge in [-0.15, -0.1) is 0 Å². The minimum absolute atomic E-state index is 0.00565. The number of nitrogens with zero attached hydrogens (tertiary/aromatic N) is 3. The zero-order valence-electron chi connectivity index (χ0n) is 18.6. The topological polar surface area (TPSA) is 125 Å². The first-order chi connectivity index (χ1) is 16.8. The van der Waals surface area contributed by atoms with Crippen LogP contribution in [0, 0.1) is 11.3 Å².